The Bertz CT molecular complexity index is 297. The van der Waals surface area contributed by atoms with Crippen LogP contribution in [0.2, 0.25) is 5.02 Å². The molecule has 1 rings (SSSR count). The predicted octanol–water partition coefficient (Wildman–Crippen LogP) is 3.68. The number of rotatable bonds is 3. The molecule has 1 nitrogen and oxygen atoms in total. The van der Waals surface area contributed by atoms with E-state index in [9.17, 15) is 5.11 Å². The van der Waals surface area contributed by atoms with Gasteiger partial charge in [0.05, 0.1) is 6.10 Å². The second-order valence-corrected chi connectivity index (χ2v) is 5.48. The number of aliphatic hydroxyl groups excluding tert-OH is 1. The minimum Gasteiger partial charge on any atom is -0.393 e. The summed E-state index contributed by atoms with van der Waals surface area (Å²) in [5.41, 5.74) is 1.19. The van der Waals surface area contributed by atoms with Gasteiger partial charge in [-0.25, -0.2) is 0 Å². The van der Waals surface area contributed by atoms with Crippen molar-refractivity contribution in [3.8, 4) is 0 Å². The van der Waals surface area contributed by atoms with Gasteiger partial charge in [0.15, 0.2) is 0 Å². The quantitative estimate of drug-likeness (QED) is 0.834. The summed E-state index contributed by atoms with van der Waals surface area (Å²) in [6.45, 7) is 6.17. The third kappa shape index (κ3) is 4.23. The van der Waals surface area contributed by atoms with Gasteiger partial charge in [0.25, 0.3) is 0 Å². The topological polar surface area (TPSA) is 20.2 Å². The van der Waals surface area contributed by atoms with Gasteiger partial charge < -0.3 is 5.11 Å². The molecule has 1 N–H and O–H groups in total. The lowest BCUT2D eigenvalue weighted by Crippen LogP contribution is -2.26. The molecule has 1 atom stereocenters. The standard InChI is InChI=1S/C13H19ClO/c1-13(2,3)12(15)9-6-10-4-7-11(14)8-5-10/h4-5,7-8,12,15H,6,9H2,1-3H3/t12-/m1/s1. The van der Waals surface area contributed by atoms with Crippen LogP contribution in [0.25, 0.3) is 0 Å². The molecular weight excluding hydrogens is 208 g/mol. The highest BCUT2D eigenvalue weighted by atomic mass is 35.5. The normalized spacial score (nSPS) is 13.9. The van der Waals surface area contributed by atoms with Crippen molar-refractivity contribution in [2.45, 2.75) is 39.7 Å². The van der Waals surface area contributed by atoms with Gasteiger partial charge in [-0.05, 0) is 36.0 Å². The number of hydrogen-bond acceptors (Lipinski definition) is 1. The Morgan fingerprint density at radius 3 is 2.20 bits per heavy atom. The van der Waals surface area contributed by atoms with Crippen LogP contribution in [0.1, 0.15) is 32.8 Å². The van der Waals surface area contributed by atoms with Gasteiger partial charge in [0.2, 0.25) is 0 Å². The van der Waals surface area contributed by atoms with Crippen LogP contribution in [-0.2, 0) is 6.42 Å². The third-order valence-corrected chi connectivity index (χ3v) is 2.87. The maximum absolute atomic E-state index is 9.88. The Labute approximate surface area is 97.1 Å². The highest BCUT2D eigenvalue weighted by Gasteiger charge is 2.21. The van der Waals surface area contributed by atoms with Crippen molar-refractivity contribution in [2.75, 3.05) is 0 Å². The first-order valence-electron chi connectivity index (χ1n) is 5.32. The fourth-order valence-electron chi connectivity index (χ4n) is 1.39. The van der Waals surface area contributed by atoms with Crippen molar-refractivity contribution in [3.63, 3.8) is 0 Å². The third-order valence-electron chi connectivity index (χ3n) is 2.62. The summed E-state index contributed by atoms with van der Waals surface area (Å²) in [6.07, 6.45) is 1.44. The van der Waals surface area contributed by atoms with Gasteiger partial charge in [-0.2, -0.15) is 0 Å². The highest BCUT2D eigenvalue weighted by Crippen LogP contribution is 2.23. The Kier molecular flexibility index (Phi) is 4.18. The van der Waals surface area contributed by atoms with Crippen LogP contribution in [0.4, 0.5) is 0 Å². The van der Waals surface area contributed by atoms with Crippen LogP contribution in [0.3, 0.4) is 0 Å². The fraction of sp³-hybridized carbons (Fsp3) is 0.538. The monoisotopic (exact) mass is 226 g/mol. The van der Waals surface area contributed by atoms with Crippen LogP contribution in [0.15, 0.2) is 24.3 Å². The molecule has 0 amide bonds. The molecule has 0 fully saturated rings. The zero-order valence-electron chi connectivity index (χ0n) is 9.63. The molecule has 0 saturated heterocycles. The molecule has 2 heteroatoms. The Hall–Kier alpha value is -0.530. The average molecular weight is 227 g/mol. The van der Waals surface area contributed by atoms with Crippen molar-refractivity contribution < 1.29 is 5.11 Å². The summed E-state index contributed by atoms with van der Waals surface area (Å²) in [6, 6.07) is 7.80. The van der Waals surface area contributed by atoms with Crippen molar-refractivity contribution >= 4 is 11.6 Å². The van der Waals surface area contributed by atoms with Crippen LogP contribution in [0, 0.1) is 5.41 Å². The van der Waals surface area contributed by atoms with Gasteiger partial charge in [0.1, 0.15) is 0 Å². The molecule has 0 unspecified atom stereocenters. The van der Waals surface area contributed by atoms with Gasteiger partial charge >= 0.3 is 0 Å². The number of hydrogen-bond donors (Lipinski definition) is 1. The molecule has 15 heavy (non-hydrogen) atoms. The molecule has 0 aliphatic rings. The first kappa shape index (κ1) is 12.5. The molecule has 84 valence electrons. The molecule has 0 aromatic heterocycles. The first-order valence-corrected chi connectivity index (χ1v) is 5.70. The Morgan fingerprint density at radius 2 is 1.73 bits per heavy atom. The summed E-state index contributed by atoms with van der Waals surface area (Å²) < 4.78 is 0. The van der Waals surface area contributed by atoms with E-state index in [2.05, 4.69) is 20.8 Å². The van der Waals surface area contributed by atoms with Gasteiger partial charge in [-0.1, -0.05) is 44.5 Å². The number of halogens is 1. The van der Waals surface area contributed by atoms with E-state index in [0.29, 0.717) is 0 Å². The number of aliphatic hydroxyl groups is 1. The van der Waals surface area contributed by atoms with Crippen LogP contribution in [-0.4, -0.2) is 11.2 Å². The molecule has 0 radical (unpaired) electrons. The predicted molar refractivity (Wildman–Crippen MR) is 65.2 cm³/mol. The Balaban J connectivity index is 2.47. The fourth-order valence-corrected chi connectivity index (χ4v) is 1.51. The smallest absolute Gasteiger partial charge is 0.0591 e. The zero-order valence-corrected chi connectivity index (χ0v) is 10.4. The summed E-state index contributed by atoms with van der Waals surface area (Å²) in [7, 11) is 0. The molecule has 0 aliphatic heterocycles. The lowest BCUT2D eigenvalue weighted by molar-refractivity contribution is 0.0560. The van der Waals surface area contributed by atoms with E-state index in [1.165, 1.54) is 5.56 Å². The van der Waals surface area contributed by atoms with E-state index in [1.807, 2.05) is 24.3 Å². The molecule has 1 aromatic carbocycles. The summed E-state index contributed by atoms with van der Waals surface area (Å²) >= 11 is 5.80. The molecule has 0 spiro atoms. The van der Waals surface area contributed by atoms with E-state index < -0.39 is 0 Å². The van der Waals surface area contributed by atoms with Gasteiger partial charge in [0, 0.05) is 5.02 Å². The van der Waals surface area contributed by atoms with Crippen molar-refractivity contribution in [1.82, 2.24) is 0 Å². The molecule has 0 bridgehead atoms. The lowest BCUT2D eigenvalue weighted by Gasteiger charge is -2.25. The van der Waals surface area contributed by atoms with E-state index in [4.69, 9.17) is 11.6 Å². The van der Waals surface area contributed by atoms with Gasteiger partial charge in [-0.15, -0.1) is 0 Å². The molecular formula is C13H19ClO. The van der Waals surface area contributed by atoms with Crippen molar-refractivity contribution in [3.05, 3.63) is 34.9 Å². The van der Waals surface area contributed by atoms with E-state index >= 15 is 0 Å². The van der Waals surface area contributed by atoms with Crippen LogP contribution < -0.4 is 0 Å². The first-order chi connectivity index (χ1) is 6.89. The van der Waals surface area contributed by atoms with Crippen molar-refractivity contribution in [2.24, 2.45) is 5.41 Å². The maximum Gasteiger partial charge on any atom is 0.0591 e. The summed E-state index contributed by atoms with van der Waals surface area (Å²) in [5.74, 6) is 0. The highest BCUT2D eigenvalue weighted by molar-refractivity contribution is 6.30. The van der Waals surface area contributed by atoms with Crippen LogP contribution in [0.5, 0.6) is 0 Å². The molecule has 0 aliphatic carbocycles. The van der Waals surface area contributed by atoms with E-state index in [0.717, 1.165) is 17.9 Å². The van der Waals surface area contributed by atoms with Crippen molar-refractivity contribution in [1.29, 1.82) is 0 Å². The maximum atomic E-state index is 9.88. The number of benzene rings is 1. The SMILES string of the molecule is CC(C)(C)[C@H](O)CCc1ccc(Cl)cc1. The summed E-state index contributed by atoms with van der Waals surface area (Å²) in [5, 5.41) is 10.6. The molecule has 0 saturated carbocycles. The second-order valence-electron chi connectivity index (χ2n) is 5.05. The minimum atomic E-state index is -0.256. The van der Waals surface area contributed by atoms with E-state index in [-0.39, 0.29) is 11.5 Å². The number of aryl methyl sites for hydroxylation is 1. The molecule has 1 aromatic rings. The largest absolute Gasteiger partial charge is 0.393 e. The minimum absolute atomic E-state index is 0.0353. The van der Waals surface area contributed by atoms with Gasteiger partial charge in [-0.3, -0.25) is 0 Å². The zero-order chi connectivity index (χ0) is 11.5. The van der Waals surface area contributed by atoms with E-state index in [1.54, 1.807) is 0 Å². The Morgan fingerprint density at radius 1 is 1.20 bits per heavy atom. The second kappa shape index (κ2) is 5.00. The van der Waals surface area contributed by atoms with Crippen LogP contribution >= 0.6 is 11.6 Å². The average Bonchev–Trinajstić information content (AvgIpc) is 2.15. The summed E-state index contributed by atoms with van der Waals surface area (Å²) in [4.78, 5) is 0. The lowest BCUT2D eigenvalue weighted by atomic mass is 9.86. The molecule has 0 heterocycles.